The summed E-state index contributed by atoms with van der Waals surface area (Å²) in [7, 11) is 0. The van der Waals surface area contributed by atoms with E-state index >= 15 is 0 Å². The van der Waals surface area contributed by atoms with Gasteiger partial charge in [-0.3, -0.25) is 25.4 Å². The van der Waals surface area contributed by atoms with Crippen molar-refractivity contribution >= 4 is 34.7 Å². The first-order valence-corrected chi connectivity index (χ1v) is 9.71. The number of para-hydroxylation sites is 1. The predicted molar refractivity (Wildman–Crippen MR) is 117 cm³/mol. The summed E-state index contributed by atoms with van der Waals surface area (Å²) in [4.78, 5) is 29.0. The SMILES string of the molecule is O=C(NNC(=O)C(F)F)c1ccc(CN(C(=S)c2ccncc2)c2ccccc2)c(F)c1. The molecule has 2 N–H and O–H groups in total. The van der Waals surface area contributed by atoms with Crippen molar-refractivity contribution in [1.29, 1.82) is 0 Å². The number of rotatable bonds is 6. The Labute approximate surface area is 187 Å². The third kappa shape index (κ3) is 5.67. The zero-order valence-corrected chi connectivity index (χ0v) is 17.3. The van der Waals surface area contributed by atoms with Crippen molar-refractivity contribution in [2.45, 2.75) is 13.0 Å². The van der Waals surface area contributed by atoms with Gasteiger partial charge in [0.05, 0.1) is 6.54 Å². The highest BCUT2D eigenvalue weighted by atomic mass is 32.1. The molecule has 0 unspecified atom stereocenters. The van der Waals surface area contributed by atoms with E-state index in [2.05, 4.69) is 4.98 Å². The molecule has 6 nitrogen and oxygen atoms in total. The van der Waals surface area contributed by atoms with Crippen LogP contribution in [-0.2, 0) is 11.3 Å². The van der Waals surface area contributed by atoms with Crippen molar-refractivity contribution in [3.05, 3.63) is 95.6 Å². The number of nitrogens with one attached hydrogen (secondary N) is 2. The van der Waals surface area contributed by atoms with Gasteiger partial charge in [0.15, 0.2) is 0 Å². The number of thiocarbonyl (C=S) groups is 1. The Hall–Kier alpha value is -3.79. The molecule has 0 fully saturated rings. The van der Waals surface area contributed by atoms with Crippen LogP contribution in [0.25, 0.3) is 0 Å². The Morgan fingerprint density at radius 3 is 2.28 bits per heavy atom. The minimum absolute atomic E-state index is 0.0705. The molecule has 3 aromatic rings. The zero-order valence-electron chi connectivity index (χ0n) is 16.5. The molecule has 0 saturated heterocycles. The number of alkyl halides is 2. The number of amides is 2. The van der Waals surface area contributed by atoms with Crippen molar-refractivity contribution in [2.24, 2.45) is 0 Å². The van der Waals surface area contributed by atoms with Crippen LogP contribution in [0.15, 0.2) is 73.1 Å². The lowest BCUT2D eigenvalue weighted by Gasteiger charge is -2.26. The summed E-state index contributed by atoms with van der Waals surface area (Å²) in [5.74, 6) is -3.30. The molecule has 32 heavy (non-hydrogen) atoms. The molecule has 3 rings (SSSR count). The van der Waals surface area contributed by atoms with E-state index in [1.54, 1.807) is 34.9 Å². The number of hydrogen-bond acceptors (Lipinski definition) is 4. The Morgan fingerprint density at radius 2 is 1.66 bits per heavy atom. The van der Waals surface area contributed by atoms with E-state index in [-0.39, 0.29) is 17.7 Å². The summed E-state index contributed by atoms with van der Waals surface area (Å²) in [5.41, 5.74) is 4.94. The van der Waals surface area contributed by atoms with E-state index in [1.807, 2.05) is 35.8 Å². The molecule has 0 atom stereocenters. The lowest BCUT2D eigenvalue weighted by atomic mass is 10.1. The van der Waals surface area contributed by atoms with E-state index in [9.17, 15) is 22.8 Å². The highest BCUT2D eigenvalue weighted by Gasteiger charge is 2.19. The summed E-state index contributed by atoms with van der Waals surface area (Å²) < 4.78 is 39.2. The Balaban J connectivity index is 1.81. The fraction of sp³-hybridized carbons (Fsp3) is 0.0909. The van der Waals surface area contributed by atoms with Crippen molar-refractivity contribution in [3.63, 3.8) is 0 Å². The van der Waals surface area contributed by atoms with Gasteiger partial charge < -0.3 is 4.90 Å². The van der Waals surface area contributed by atoms with Crippen molar-refractivity contribution in [1.82, 2.24) is 15.8 Å². The first-order chi connectivity index (χ1) is 15.4. The van der Waals surface area contributed by atoms with Crippen LogP contribution in [0.5, 0.6) is 0 Å². The maximum atomic E-state index is 14.8. The average molecular weight is 458 g/mol. The van der Waals surface area contributed by atoms with E-state index in [0.29, 0.717) is 4.99 Å². The third-order valence-electron chi connectivity index (χ3n) is 4.38. The van der Waals surface area contributed by atoms with Crippen LogP contribution in [0.1, 0.15) is 21.5 Å². The zero-order chi connectivity index (χ0) is 23.1. The average Bonchev–Trinajstić information content (AvgIpc) is 2.82. The number of aromatic nitrogens is 1. The van der Waals surface area contributed by atoms with Gasteiger partial charge in [-0.1, -0.05) is 36.5 Å². The second kappa shape index (κ2) is 10.5. The van der Waals surface area contributed by atoms with Gasteiger partial charge >= 0.3 is 12.3 Å². The van der Waals surface area contributed by atoms with Gasteiger partial charge in [0.1, 0.15) is 10.8 Å². The van der Waals surface area contributed by atoms with E-state index < -0.39 is 24.1 Å². The first kappa shape index (κ1) is 22.9. The number of carbonyl (C=O) groups is 2. The number of hydrazine groups is 1. The van der Waals surface area contributed by atoms with E-state index in [4.69, 9.17) is 12.2 Å². The molecule has 0 spiro atoms. The number of nitrogens with zero attached hydrogens (tertiary/aromatic N) is 2. The fourth-order valence-electron chi connectivity index (χ4n) is 2.77. The van der Waals surface area contributed by atoms with Crippen LogP contribution in [-0.4, -0.2) is 28.2 Å². The van der Waals surface area contributed by atoms with Crippen molar-refractivity contribution in [2.75, 3.05) is 4.90 Å². The fourth-order valence-corrected chi connectivity index (χ4v) is 3.08. The van der Waals surface area contributed by atoms with Gasteiger partial charge in [0.2, 0.25) is 0 Å². The van der Waals surface area contributed by atoms with Crippen LogP contribution in [0, 0.1) is 5.82 Å². The molecule has 0 saturated carbocycles. The Bertz CT molecular complexity index is 1110. The molecule has 2 aromatic carbocycles. The monoisotopic (exact) mass is 458 g/mol. The second-order valence-electron chi connectivity index (χ2n) is 6.51. The summed E-state index contributed by atoms with van der Waals surface area (Å²) in [6.07, 6.45) is -0.0837. The molecule has 164 valence electrons. The lowest BCUT2D eigenvalue weighted by molar-refractivity contribution is -0.132. The minimum Gasteiger partial charge on any atom is -0.328 e. The topological polar surface area (TPSA) is 74.3 Å². The van der Waals surface area contributed by atoms with Gasteiger partial charge in [-0.15, -0.1) is 0 Å². The smallest absolute Gasteiger partial charge is 0.317 e. The number of pyridine rings is 1. The maximum Gasteiger partial charge on any atom is 0.317 e. The number of carbonyl (C=O) groups excluding carboxylic acids is 2. The number of anilines is 1. The largest absolute Gasteiger partial charge is 0.328 e. The molecule has 0 aliphatic rings. The molecule has 2 amide bonds. The van der Waals surface area contributed by atoms with Crippen LogP contribution in [0.4, 0.5) is 18.9 Å². The minimum atomic E-state index is -3.29. The predicted octanol–water partition coefficient (Wildman–Crippen LogP) is 3.63. The van der Waals surface area contributed by atoms with Gasteiger partial charge in [-0.2, -0.15) is 8.78 Å². The summed E-state index contributed by atoms with van der Waals surface area (Å²) in [5, 5.41) is 0. The van der Waals surface area contributed by atoms with Crippen molar-refractivity contribution in [3.8, 4) is 0 Å². The third-order valence-corrected chi connectivity index (χ3v) is 4.84. The summed E-state index contributed by atoms with van der Waals surface area (Å²) >= 11 is 5.62. The van der Waals surface area contributed by atoms with Gasteiger partial charge in [0.25, 0.3) is 5.91 Å². The number of hydrogen-bond donors (Lipinski definition) is 2. The number of benzene rings is 2. The molecule has 1 aromatic heterocycles. The Morgan fingerprint density at radius 1 is 0.969 bits per heavy atom. The summed E-state index contributed by atoms with van der Waals surface area (Å²) in [6.45, 7) is 0.0705. The second-order valence-corrected chi connectivity index (χ2v) is 6.90. The van der Waals surface area contributed by atoms with Crippen LogP contribution in [0.2, 0.25) is 0 Å². The summed E-state index contributed by atoms with van der Waals surface area (Å²) in [6, 6.07) is 16.3. The maximum absolute atomic E-state index is 14.8. The van der Waals surface area contributed by atoms with Gasteiger partial charge in [-0.05, 0) is 36.4 Å². The first-order valence-electron chi connectivity index (χ1n) is 9.30. The lowest BCUT2D eigenvalue weighted by Crippen LogP contribution is -2.44. The van der Waals surface area contributed by atoms with Crippen LogP contribution in [0.3, 0.4) is 0 Å². The van der Waals surface area contributed by atoms with Crippen LogP contribution >= 0.6 is 12.2 Å². The molecule has 10 heteroatoms. The van der Waals surface area contributed by atoms with Gasteiger partial charge in [-0.25, -0.2) is 4.39 Å². The molecular weight excluding hydrogens is 441 g/mol. The number of halogens is 3. The molecule has 0 bridgehead atoms. The molecule has 0 radical (unpaired) electrons. The van der Waals surface area contributed by atoms with E-state index in [1.165, 1.54) is 12.1 Å². The van der Waals surface area contributed by atoms with Crippen molar-refractivity contribution < 1.29 is 22.8 Å². The highest BCUT2D eigenvalue weighted by Crippen LogP contribution is 2.22. The molecule has 0 aliphatic carbocycles. The van der Waals surface area contributed by atoms with E-state index in [0.717, 1.165) is 17.3 Å². The molecule has 0 aliphatic heterocycles. The Kier molecular flexibility index (Phi) is 7.50. The highest BCUT2D eigenvalue weighted by molar-refractivity contribution is 7.81. The normalized spacial score (nSPS) is 10.5. The van der Waals surface area contributed by atoms with Crippen LogP contribution < -0.4 is 15.8 Å². The quantitative estimate of drug-likeness (QED) is 0.436. The standard InChI is InChI=1S/C22H17F3N4O2S/c23-18-12-15(20(30)27-28-21(31)19(24)25)6-7-16(18)13-29(17-4-2-1-3-5-17)22(32)14-8-10-26-11-9-14/h1-12,19H,13H2,(H,27,30)(H,28,31). The molecular formula is C22H17F3N4O2S. The van der Waals surface area contributed by atoms with Gasteiger partial charge in [0, 0.05) is 34.8 Å². The molecule has 1 heterocycles.